The van der Waals surface area contributed by atoms with Crippen LogP contribution in [0.3, 0.4) is 0 Å². The van der Waals surface area contributed by atoms with Crippen molar-refractivity contribution in [1.29, 1.82) is 0 Å². The lowest BCUT2D eigenvalue weighted by Crippen LogP contribution is -2.26. The predicted octanol–water partition coefficient (Wildman–Crippen LogP) is 3.40. The Morgan fingerprint density at radius 3 is 2.16 bits per heavy atom. The van der Waals surface area contributed by atoms with Crippen molar-refractivity contribution in [3.05, 3.63) is 36.4 Å². The zero-order valence-electron chi connectivity index (χ0n) is 11.9. The van der Waals surface area contributed by atoms with Gasteiger partial charge in [-0.05, 0) is 20.8 Å². The van der Waals surface area contributed by atoms with Crippen LogP contribution < -0.4 is 10.6 Å². The van der Waals surface area contributed by atoms with Crippen LogP contribution in [0.4, 0.5) is 11.6 Å². The first-order chi connectivity index (χ1) is 8.98. The summed E-state index contributed by atoms with van der Waals surface area (Å²) in [6.07, 6.45) is 0. The van der Waals surface area contributed by atoms with E-state index < -0.39 is 0 Å². The van der Waals surface area contributed by atoms with Crippen molar-refractivity contribution in [1.82, 2.24) is 9.97 Å². The van der Waals surface area contributed by atoms with Crippen molar-refractivity contribution in [2.45, 2.75) is 26.3 Å². The number of hydrogen-bond donors (Lipinski definition) is 2. The third kappa shape index (κ3) is 3.68. The van der Waals surface area contributed by atoms with Crippen LogP contribution in [0.1, 0.15) is 20.8 Å². The van der Waals surface area contributed by atoms with Gasteiger partial charge in [-0.25, -0.2) is 9.97 Å². The molecule has 0 saturated heterocycles. The van der Waals surface area contributed by atoms with E-state index in [0.29, 0.717) is 0 Å². The molecule has 1 aromatic heterocycles. The van der Waals surface area contributed by atoms with Crippen LogP contribution in [0.25, 0.3) is 11.4 Å². The van der Waals surface area contributed by atoms with E-state index in [1.165, 1.54) is 0 Å². The Hall–Kier alpha value is -2.10. The first kappa shape index (κ1) is 13.3. The molecule has 2 aromatic rings. The van der Waals surface area contributed by atoms with Crippen LogP contribution >= 0.6 is 0 Å². The molecule has 2 rings (SSSR count). The monoisotopic (exact) mass is 256 g/mol. The lowest BCUT2D eigenvalue weighted by atomic mass is 10.1. The summed E-state index contributed by atoms with van der Waals surface area (Å²) < 4.78 is 0. The number of nitrogens with one attached hydrogen (secondary N) is 2. The fraction of sp³-hybridized carbons (Fsp3) is 0.333. The van der Waals surface area contributed by atoms with E-state index in [0.717, 1.165) is 23.0 Å². The number of aromatic nitrogens is 2. The van der Waals surface area contributed by atoms with E-state index in [2.05, 4.69) is 41.4 Å². The van der Waals surface area contributed by atoms with Crippen molar-refractivity contribution in [3.63, 3.8) is 0 Å². The molecule has 4 heteroatoms. The molecule has 0 bridgehead atoms. The summed E-state index contributed by atoms with van der Waals surface area (Å²) in [7, 11) is 1.86. The summed E-state index contributed by atoms with van der Waals surface area (Å²) in [5.74, 6) is 2.35. The van der Waals surface area contributed by atoms with Crippen LogP contribution in [0.5, 0.6) is 0 Å². The number of anilines is 2. The Morgan fingerprint density at radius 1 is 0.947 bits per heavy atom. The fourth-order valence-corrected chi connectivity index (χ4v) is 1.74. The van der Waals surface area contributed by atoms with Crippen LogP contribution in [0, 0.1) is 0 Å². The molecule has 0 aliphatic carbocycles. The Bertz CT molecular complexity index is 544. The second-order valence-electron chi connectivity index (χ2n) is 5.45. The first-order valence-electron chi connectivity index (χ1n) is 6.38. The summed E-state index contributed by atoms with van der Waals surface area (Å²) in [4.78, 5) is 9.06. The standard InChI is InChI=1S/C15H20N4/c1-15(2,3)19-13-10-12(16-4)17-14(18-13)11-8-6-5-7-9-11/h5-10H,1-4H3,(H2,16,17,18,19). The molecule has 2 N–H and O–H groups in total. The van der Waals surface area contributed by atoms with E-state index in [-0.39, 0.29) is 5.54 Å². The van der Waals surface area contributed by atoms with Gasteiger partial charge in [-0.2, -0.15) is 0 Å². The van der Waals surface area contributed by atoms with Gasteiger partial charge in [0.2, 0.25) is 0 Å². The molecule has 0 unspecified atom stereocenters. The second kappa shape index (κ2) is 5.26. The van der Waals surface area contributed by atoms with Gasteiger partial charge in [0.05, 0.1) is 0 Å². The minimum atomic E-state index is -0.0344. The maximum absolute atomic E-state index is 4.57. The van der Waals surface area contributed by atoms with Crippen molar-refractivity contribution in [2.24, 2.45) is 0 Å². The molecule has 0 radical (unpaired) electrons. The largest absolute Gasteiger partial charge is 0.373 e. The smallest absolute Gasteiger partial charge is 0.163 e. The molecule has 0 spiro atoms. The van der Waals surface area contributed by atoms with Crippen LogP contribution in [0.15, 0.2) is 36.4 Å². The summed E-state index contributed by atoms with van der Waals surface area (Å²) in [6, 6.07) is 11.9. The average Bonchev–Trinajstić information content (AvgIpc) is 2.37. The highest BCUT2D eigenvalue weighted by Gasteiger charge is 2.12. The van der Waals surface area contributed by atoms with Crippen LogP contribution in [-0.4, -0.2) is 22.6 Å². The second-order valence-corrected chi connectivity index (χ2v) is 5.45. The maximum Gasteiger partial charge on any atom is 0.163 e. The van der Waals surface area contributed by atoms with E-state index in [1.54, 1.807) is 0 Å². The van der Waals surface area contributed by atoms with Gasteiger partial charge in [0.1, 0.15) is 11.6 Å². The van der Waals surface area contributed by atoms with E-state index in [9.17, 15) is 0 Å². The zero-order valence-corrected chi connectivity index (χ0v) is 11.9. The minimum Gasteiger partial charge on any atom is -0.373 e. The molecular weight excluding hydrogens is 236 g/mol. The molecular formula is C15H20N4. The van der Waals surface area contributed by atoms with E-state index >= 15 is 0 Å². The van der Waals surface area contributed by atoms with Gasteiger partial charge in [-0.3, -0.25) is 0 Å². The highest BCUT2D eigenvalue weighted by Crippen LogP contribution is 2.21. The first-order valence-corrected chi connectivity index (χ1v) is 6.38. The van der Waals surface area contributed by atoms with Gasteiger partial charge in [0.25, 0.3) is 0 Å². The summed E-state index contributed by atoms with van der Waals surface area (Å²) in [5, 5.41) is 6.45. The van der Waals surface area contributed by atoms with Gasteiger partial charge < -0.3 is 10.6 Å². The van der Waals surface area contributed by atoms with Crippen LogP contribution in [0.2, 0.25) is 0 Å². The van der Waals surface area contributed by atoms with Crippen molar-refractivity contribution in [2.75, 3.05) is 17.7 Å². The lowest BCUT2D eigenvalue weighted by Gasteiger charge is -2.22. The van der Waals surface area contributed by atoms with Gasteiger partial charge in [-0.15, -0.1) is 0 Å². The van der Waals surface area contributed by atoms with Crippen molar-refractivity contribution in [3.8, 4) is 11.4 Å². The Labute approximate surface area is 114 Å². The fourth-order valence-electron chi connectivity index (χ4n) is 1.74. The summed E-state index contributed by atoms with van der Waals surface area (Å²) in [5.41, 5.74) is 0.976. The number of nitrogens with zero attached hydrogens (tertiary/aromatic N) is 2. The molecule has 100 valence electrons. The number of rotatable bonds is 3. The highest BCUT2D eigenvalue weighted by atomic mass is 15.1. The normalized spacial score (nSPS) is 11.2. The molecule has 0 aliphatic heterocycles. The third-order valence-electron chi connectivity index (χ3n) is 2.52. The van der Waals surface area contributed by atoms with Gasteiger partial charge in [0, 0.05) is 24.2 Å². The van der Waals surface area contributed by atoms with E-state index in [4.69, 9.17) is 0 Å². The molecule has 0 saturated carbocycles. The van der Waals surface area contributed by atoms with Gasteiger partial charge >= 0.3 is 0 Å². The SMILES string of the molecule is CNc1cc(NC(C)(C)C)nc(-c2ccccc2)n1. The molecule has 0 aliphatic rings. The topological polar surface area (TPSA) is 49.8 Å². The minimum absolute atomic E-state index is 0.0344. The summed E-state index contributed by atoms with van der Waals surface area (Å²) >= 11 is 0. The molecule has 19 heavy (non-hydrogen) atoms. The molecule has 1 aromatic carbocycles. The zero-order chi connectivity index (χ0) is 13.9. The Balaban J connectivity index is 2.42. The average molecular weight is 256 g/mol. The van der Waals surface area contributed by atoms with Crippen molar-refractivity contribution < 1.29 is 0 Å². The summed E-state index contributed by atoms with van der Waals surface area (Å²) in [6.45, 7) is 6.32. The third-order valence-corrected chi connectivity index (χ3v) is 2.52. The van der Waals surface area contributed by atoms with E-state index in [1.807, 2.05) is 43.4 Å². The van der Waals surface area contributed by atoms with Crippen molar-refractivity contribution >= 4 is 11.6 Å². The predicted molar refractivity (Wildman–Crippen MR) is 80.4 cm³/mol. The molecule has 1 heterocycles. The van der Waals surface area contributed by atoms with Gasteiger partial charge in [0.15, 0.2) is 5.82 Å². The van der Waals surface area contributed by atoms with Crippen LogP contribution in [-0.2, 0) is 0 Å². The number of hydrogen-bond acceptors (Lipinski definition) is 4. The molecule has 0 amide bonds. The highest BCUT2D eigenvalue weighted by molar-refractivity contribution is 5.61. The Morgan fingerprint density at radius 2 is 1.58 bits per heavy atom. The molecule has 0 fully saturated rings. The Kier molecular flexibility index (Phi) is 3.69. The quantitative estimate of drug-likeness (QED) is 0.883. The maximum atomic E-state index is 4.57. The number of benzene rings is 1. The molecule has 0 atom stereocenters. The van der Waals surface area contributed by atoms with Gasteiger partial charge in [-0.1, -0.05) is 30.3 Å². The lowest BCUT2D eigenvalue weighted by molar-refractivity contribution is 0.630. The molecule has 4 nitrogen and oxygen atoms in total.